The number of ketones is 1. The van der Waals surface area contributed by atoms with Crippen molar-refractivity contribution in [1.29, 1.82) is 0 Å². The first-order valence-corrected chi connectivity index (χ1v) is 6.00. The molecule has 0 aliphatic carbocycles. The molecular weight excluding hydrogens is 198 g/mol. The van der Waals surface area contributed by atoms with E-state index in [1.807, 2.05) is 12.1 Å². The van der Waals surface area contributed by atoms with Crippen LogP contribution in [0.4, 0.5) is 0 Å². The van der Waals surface area contributed by atoms with Gasteiger partial charge in [-0.05, 0) is 43.8 Å². The number of carbonyl (C=O) groups is 1. The van der Waals surface area contributed by atoms with Gasteiger partial charge in [0, 0.05) is 5.56 Å². The van der Waals surface area contributed by atoms with Crippen LogP contribution in [0.25, 0.3) is 0 Å². The third-order valence-corrected chi connectivity index (χ3v) is 3.53. The lowest BCUT2D eigenvalue weighted by atomic mass is 9.82. The van der Waals surface area contributed by atoms with Crippen LogP contribution < -0.4 is 5.32 Å². The fourth-order valence-corrected chi connectivity index (χ4v) is 2.47. The van der Waals surface area contributed by atoms with Gasteiger partial charge in [0.15, 0.2) is 5.78 Å². The van der Waals surface area contributed by atoms with Crippen LogP contribution in [0.15, 0.2) is 24.3 Å². The smallest absolute Gasteiger partial charge is 0.159 e. The zero-order chi connectivity index (χ0) is 11.5. The number of benzene rings is 1. The van der Waals surface area contributed by atoms with Gasteiger partial charge in [-0.1, -0.05) is 31.2 Å². The number of piperidine rings is 1. The minimum absolute atomic E-state index is 0.143. The molecule has 0 radical (unpaired) electrons. The number of carbonyl (C=O) groups excluding carboxylic acids is 1. The molecule has 1 aliphatic rings. The van der Waals surface area contributed by atoms with Gasteiger partial charge < -0.3 is 5.32 Å². The quantitative estimate of drug-likeness (QED) is 0.771. The summed E-state index contributed by atoms with van der Waals surface area (Å²) < 4.78 is 0. The Morgan fingerprint density at radius 3 is 2.56 bits per heavy atom. The Bertz CT molecular complexity index is 369. The first-order valence-electron chi connectivity index (χ1n) is 6.00. The van der Waals surface area contributed by atoms with Crippen molar-refractivity contribution < 1.29 is 4.79 Å². The SMILES string of the molecule is CC(=O)c1ccc(C2CCNCC2C)cc1. The van der Waals surface area contributed by atoms with E-state index in [1.165, 1.54) is 12.0 Å². The van der Waals surface area contributed by atoms with Crippen molar-refractivity contribution in [2.75, 3.05) is 13.1 Å². The number of nitrogens with one attached hydrogen (secondary N) is 1. The van der Waals surface area contributed by atoms with E-state index in [-0.39, 0.29) is 5.78 Å². The van der Waals surface area contributed by atoms with Crippen LogP contribution in [0.2, 0.25) is 0 Å². The molecule has 0 spiro atoms. The Hall–Kier alpha value is -1.15. The van der Waals surface area contributed by atoms with Gasteiger partial charge in [-0.2, -0.15) is 0 Å². The first kappa shape index (κ1) is 11.3. The van der Waals surface area contributed by atoms with Gasteiger partial charge in [0.1, 0.15) is 0 Å². The fraction of sp³-hybridized carbons (Fsp3) is 0.500. The second kappa shape index (κ2) is 4.79. The lowest BCUT2D eigenvalue weighted by Gasteiger charge is -2.29. The van der Waals surface area contributed by atoms with E-state index in [0.717, 1.165) is 18.7 Å². The summed E-state index contributed by atoms with van der Waals surface area (Å²) in [6, 6.07) is 8.13. The van der Waals surface area contributed by atoms with Crippen molar-refractivity contribution in [3.05, 3.63) is 35.4 Å². The predicted molar refractivity (Wildman–Crippen MR) is 65.8 cm³/mol. The van der Waals surface area contributed by atoms with Crippen LogP contribution in [0.5, 0.6) is 0 Å². The fourth-order valence-electron chi connectivity index (χ4n) is 2.47. The van der Waals surface area contributed by atoms with E-state index in [0.29, 0.717) is 11.8 Å². The van der Waals surface area contributed by atoms with Crippen LogP contribution in [-0.2, 0) is 0 Å². The Labute approximate surface area is 97.1 Å². The molecule has 2 atom stereocenters. The molecule has 0 bridgehead atoms. The molecule has 1 aromatic carbocycles. The summed E-state index contributed by atoms with van der Waals surface area (Å²) >= 11 is 0. The van der Waals surface area contributed by atoms with Gasteiger partial charge in [-0.15, -0.1) is 0 Å². The predicted octanol–water partition coefficient (Wildman–Crippen LogP) is 2.60. The second-order valence-corrected chi connectivity index (χ2v) is 4.75. The standard InChI is InChI=1S/C14H19NO/c1-10-9-15-8-7-14(10)13-5-3-12(4-6-13)11(2)16/h3-6,10,14-15H,7-9H2,1-2H3. The highest BCUT2D eigenvalue weighted by Crippen LogP contribution is 2.29. The normalized spacial score (nSPS) is 25.4. The van der Waals surface area contributed by atoms with Crippen LogP contribution in [0.1, 0.15) is 42.1 Å². The maximum absolute atomic E-state index is 11.2. The van der Waals surface area contributed by atoms with Crippen LogP contribution in [0.3, 0.4) is 0 Å². The molecule has 2 rings (SSSR count). The summed E-state index contributed by atoms with van der Waals surface area (Å²) in [7, 11) is 0. The van der Waals surface area contributed by atoms with Gasteiger partial charge in [0.25, 0.3) is 0 Å². The van der Waals surface area contributed by atoms with E-state index in [9.17, 15) is 4.79 Å². The summed E-state index contributed by atoms with van der Waals surface area (Å²) in [5.74, 6) is 1.46. The van der Waals surface area contributed by atoms with Gasteiger partial charge in [-0.25, -0.2) is 0 Å². The molecule has 0 aromatic heterocycles. The molecule has 0 amide bonds. The van der Waals surface area contributed by atoms with Gasteiger partial charge in [0.05, 0.1) is 0 Å². The van der Waals surface area contributed by atoms with Crippen LogP contribution in [-0.4, -0.2) is 18.9 Å². The summed E-state index contributed by atoms with van der Waals surface area (Å²) in [6.45, 7) is 6.10. The molecule has 2 unspecified atom stereocenters. The summed E-state index contributed by atoms with van der Waals surface area (Å²) in [4.78, 5) is 11.2. The first-order chi connectivity index (χ1) is 7.68. The van der Waals surface area contributed by atoms with Gasteiger partial charge >= 0.3 is 0 Å². The van der Waals surface area contributed by atoms with E-state index in [2.05, 4.69) is 24.4 Å². The molecule has 1 N–H and O–H groups in total. The number of rotatable bonds is 2. The maximum Gasteiger partial charge on any atom is 0.159 e. The largest absolute Gasteiger partial charge is 0.316 e. The highest BCUT2D eigenvalue weighted by atomic mass is 16.1. The van der Waals surface area contributed by atoms with Crippen molar-refractivity contribution >= 4 is 5.78 Å². The van der Waals surface area contributed by atoms with Crippen molar-refractivity contribution in [2.24, 2.45) is 5.92 Å². The molecule has 2 heteroatoms. The van der Waals surface area contributed by atoms with E-state index in [1.54, 1.807) is 6.92 Å². The second-order valence-electron chi connectivity index (χ2n) is 4.75. The summed E-state index contributed by atoms with van der Waals surface area (Å²) in [5, 5.41) is 3.41. The highest BCUT2D eigenvalue weighted by Gasteiger charge is 2.22. The molecule has 1 aromatic rings. The molecule has 2 nitrogen and oxygen atoms in total. The zero-order valence-electron chi connectivity index (χ0n) is 9.99. The average Bonchev–Trinajstić information content (AvgIpc) is 2.30. The minimum Gasteiger partial charge on any atom is -0.316 e. The molecule has 1 aliphatic heterocycles. The van der Waals surface area contributed by atoms with Crippen LogP contribution in [0, 0.1) is 5.92 Å². The highest BCUT2D eigenvalue weighted by molar-refractivity contribution is 5.94. The van der Waals surface area contributed by atoms with Crippen molar-refractivity contribution in [2.45, 2.75) is 26.2 Å². The molecule has 86 valence electrons. The topological polar surface area (TPSA) is 29.1 Å². The van der Waals surface area contributed by atoms with E-state index in [4.69, 9.17) is 0 Å². The zero-order valence-corrected chi connectivity index (χ0v) is 9.99. The average molecular weight is 217 g/mol. The van der Waals surface area contributed by atoms with Crippen LogP contribution >= 0.6 is 0 Å². The summed E-state index contributed by atoms with van der Waals surface area (Å²) in [6.07, 6.45) is 1.20. The maximum atomic E-state index is 11.2. The van der Waals surface area contributed by atoms with E-state index >= 15 is 0 Å². The third-order valence-electron chi connectivity index (χ3n) is 3.53. The molecule has 1 heterocycles. The number of hydrogen-bond donors (Lipinski definition) is 1. The van der Waals surface area contributed by atoms with Gasteiger partial charge in [-0.3, -0.25) is 4.79 Å². The third kappa shape index (κ3) is 2.33. The van der Waals surface area contributed by atoms with E-state index < -0.39 is 0 Å². The molecule has 1 fully saturated rings. The minimum atomic E-state index is 0.143. The van der Waals surface area contributed by atoms with Crippen molar-refractivity contribution in [3.8, 4) is 0 Å². The molecule has 1 saturated heterocycles. The summed E-state index contributed by atoms with van der Waals surface area (Å²) in [5.41, 5.74) is 2.18. The molecular formula is C14H19NO. The van der Waals surface area contributed by atoms with Crippen molar-refractivity contribution in [3.63, 3.8) is 0 Å². The molecule has 0 saturated carbocycles. The Kier molecular flexibility index (Phi) is 3.39. The monoisotopic (exact) mass is 217 g/mol. The number of Topliss-reactive ketones (excluding diaryl/α,β-unsaturated/α-hetero) is 1. The Balaban J connectivity index is 2.17. The Morgan fingerprint density at radius 2 is 2.00 bits per heavy atom. The lowest BCUT2D eigenvalue weighted by Crippen LogP contribution is -2.33. The van der Waals surface area contributed by atoms with Gasteiger partial charge in [0.2, 0.25) is 0 Å². The number of hydrogen-bond acceptors (Lipinski definition) is 2. The Morgan fingerprint density at radius 1 is 1.31 bits per heavy atom. The lowest BCUT2D eigenvalue weighted by molar-refractivity contribution is 0.101. The van der Waals surface area contributed by atoms with Crippen molar-refractivity contribution in [1.82, 2.24) is 5.32 Å². The molecule has 16 heavy (non-hydrogen) atoms.